The van der Waals surface area contributed by atoms with Crippen LogP contribution in [0.15, 0.2) is 71.6 Å². The fraction of sp³-hybridized carbons (Fsp3) is 0.208. The number of nitrogens with two attached hydrogens (primary N) is 1. The van der Waals surface area contributed by atoms with Crippen LogP contribution in [-0.2, 0) is 21.1 Å². The molecule has 9 heteroatoms. The maximum atomic E-state index is 14.1. The van der Waals surface area contributed by atoms with Crippen molar-refractivity contribution in [1.82, 2.24) is 0 Å². The molecular weight excluding hydrogens is 462 g/mol. The monoisotopic (exact) mass is 488 g/mol. The molecule has 0 aliphatic carbocycles. The molecule has 0 radical (unpaired) electrons. The fourth-order valence-electron chi connectivity index (χ4n) is 2.90. The summed E-state index contributed by atoms with van der Waals surface area (Å²) in [5, 5.41) is 9.49. The van der Waals surface area contributed by atoms with Crippen molar-refractivity contribution in [2.24, 2.45) is 5.73 Å². The Bertz CT molecular complexity index is 1300. The average Bonchev–Trinajstić information content (AvgIpc) is 2.74. The summed E-state index contributed by atoms with van der Waals surface area (Å²) in [5.41, 5.74) is 8.50. The van der Waals surface area contributed by atoms with Crippen molar-refractivity contribution in [1.29, 1.82) is 5.26 Å². The van der Waals surface area contributed by atoms with Crippen molar-refractivity contribution in [3.05, 3.63) is 83.7 Å². The number of hydrogen-bond donors (Lipinski definition) is 2. The lowest BCUT2D eigenvalue weighted by Gasteiger charge is -2.10. The highest BCUT2D eigenvalue weighted by Gasteiger charge is 2.12. The zero-order valence-corrected chi connectivity index (χ0v) is 20.3. The lowest BCUT2D eigenvalue weighted by molar-refractivity contribution is 0.483. The minimum Gasteiger partial charge on any atom is -0.319 e. The Labute approximate surface area is 194 Å². The normalized spacial score (nSPS) is 12.3. The van der Waals surface area contributed by atoms with Gasteiger partial charge in [-0.2, -0.15) is 13.7 Å². The van der Waals surface area contributed by atoms with Crippen LogP contribution < -0.4 is 11.0 Å². The summed E-state index contributed by atoms with van der Waals surface area (Å²) in [6.07, 6.45) is 0.191. The Morgan fingerprint density at radius 3 is 2.03 bits per heavy atom. The number of hydrogen-bond acceptors (Lipinski definition) is 5. The van der Waals surface area contributed by atoms with E-state index in [0.717, 1.165) is 22.0 Å². The number of halogens is 1. The van der Waals surface area contributed by atoms with Crippen molar-refractivity contribution in [2.75, 3.05) is 13.3 Å². The molecule has 1 atom stereocenters. The topological polar surface area (TPSA) is 121 Å². The van der Waals surface area contributed by atoms with Gasteiger partial charge in [-0.25, -0.2) is 4.39 Å². The smallest absolute Gasteiger partial charge is 0.294 e. The Hall–Kier alpha value is -2.82. The third-order valence-corrected chi connectivity index (χ3v) is 7.21. The van der Waals surface area contributed by atoms with E-state index in [4.69, 9.17) is 15.5 Å². The van der Waals surface area contributed by atoms with Crippen molar-refractivity contribution < 1.29 is 21.9 Å². The highest BCUT2D eigenvalue weighted by atomic mass is 32.2. The first-order valence-electron chi connectivity index (χ1n) is 9.95. The second-order valence-electron chi connectivity index (χ2n) is 7.93. The molecule has 0 heterocycles. The van der Waals surface area contributed by atoms with Crippen molar-refractivity contribution in [2.45, 2.75) is 24.3 Å². The van der Waals surface area contributed by atoms with Gasteiger partial charge in [-0.3, -0.25) is 4.55 Å². The lowest BCUT2D eigenvalue weighted by Crippen LogP contribution is -2.20. The van der Waals surface area contributed by atoms with E-state index in [9.17, 15) is 17.4 Å². The van der Waals surface area contributed by atoms with E-state index in [1.807, 2.05) is 37.3 Å². The van der Waals surface area contributed by atoms with Gasteiger partial charge in [0, 0.05) is 11.7 Å². The first-order valence-corrected chi connectivity index (χ1v) is 14.0. The van der Waals surface area contributed by atoms with Crippen LogP contribution in [0.2, 0.25) is 0 Å². The van der Waals surface area contributed by atoms with Crippen LogP contribution in [0.5, 0.6) is 0 Å². The quantitative estimate of drug-likeness (QED) is 0.406. The molecule has 3 aromatic rings. The van der Waals surface area contributed by atoms with E-state index in [1.165, 1.54) is 18.2 Å². The summed E-state index contributed by atoms with van der Waals surface area (Å²) in [7, 11) is -6.30. The molecule has 174 valence electrons. The Morgan fingerprint density at radius 2 is 1.58 bits per heavy atom. The molecule has 0 bridgehead atoms. The number of nitrogens with zero attached hydrogens (tertiary/aromatic N) is 1. The van der Waals surface area contributed by atoms with Crippen LogP contribution >= 0.6 is 7.14 Å². The molecular formula is C24H26FN2O4PS. The van der Waals surface area contributed by atoms with Gasteiger partial charge in [-0.1, -0.05) is 54.1 Å². The van der Waals surface area contributed by atoms with E-state index >= 15 is 0 Å². The van der Waals surface area contributed by atoms with E-state index in [-0.39, 0.29) is 17.1 Å². The third kappa shape index (κ3) is 7.92. The fourth-order valence-corrected chi connectivity index (χ4v) is 4.25. The first-order chi connectivity index (χ1) is 15.3. The number of benzene rings is 3. The summed E-state index contributed by atoms with van der Waals surface area (Å²) in [6.45, 7) is 5.28. The van der Waals surface area contributed by atoms with Crippen molar-refractivity contribution in [3.63, 3.8) is 0 Å². The van der Waals surface area contributed by atoms with Gasteiger partial charge in [0.2, 0.25) is 0 Å². The van der Waals surface area contributed by atoms with Gasteiger partial charge in [-0.05, 0) is 55.1 Å². The van der Waals surface area contributed by atoms with Gasteiger partial charge in [-0.15, -0.1) is 0 Å². The van der Waals surface area contributed by atoms with Crippen LogP contribution in [0, 0.1) is 24.1 Å². The predicted molar refractivity (Wildman–Crippen MR) is 129 cm³/mol. The molecule has 0 aromatic heterocycles. The van der Waals surface area contributed by atoms with Crippen LogP contribution in [0.3, 0.4) is 0 Å². The largest absolute Gasteiger partial charge is 0.319 e. The summed E-state index contributed by atoms with van der Waals surface area (Å²) in [6, 6.07) is 19.4. The molecule has 33 heavy (non-hydrogen) atoms. The highest BCUT2D eigenvalue weighted by Crippen LogP contribution is 2.35. The van der Waals surface area contributed by atoms with Crippen LogP contribution in [0.25, 0.3) is 11.1 Å². The number of rotatable bonds is 5. The molecule has 0 aliphatic rings. The zero-order valence-electron chi connectivity index (χ0n) is 18.6. The lowest BCUT2D eigenvalue weighted by atomic mass is 10.0. The van der Waals surface area contributed by atoms with E-state index in [1.54, 1.807) is 37.6 Å². The van der Waals surface area contributed by atoms with Gasteiger partial charge >= 0.3 is 0 Å². The van der Waals surface area contributed by atoms with Crippen molar-refractivity contribution in [3.8, 4) is 17.2 Å². The Kier molecular flexibility index (Phi) is 8.70. The summed E-state index contributed by atoms with van der Waals surface area (Å²) in [5.74, 6) is -0.371. The molecule has 3 rings (SSSR count). The Balaban J connectivity index is 0.000000294. The van der Waals surface area contributed by atoms with E-state index < -0.39 is 23.3 Å². The van der Waals surface area contributed by atoms with Gasteiger partial charge in [0.05, 0.1) is 17.0 Å². The van der Waals surface area contributed by atoms with Crippen LogP contribution in [0.1, 0.15) is 11.1 Å². The molecule has 3 N–H and O–H groups in total. The van der Waals surface area contributed by atoms with Gasteiger partial charge in [0.25, 0.3) is 10.1 Å². The minimum atomic E-state index is -4.02. The maximum absolute atomic E-state index is 14.1. The van der Waals surface area contributed by atoms with Gasteiger partial charge in [0.15, 0.2) is 0 Å². The molecule has 3 aromatic carbocycles. The molecule has 0 amide bonds. The molecule has 0 unspecified atom stereocenters. The van der Waals surface area contributed by atoms with E-state index in [0.29, 0.717) is 5.56 Å². The van der Waals surface area contributed by atoms with Crippen molar-refractivity contribution >= 4 is 22.6 Å². The number of nitriles is 1. The third-order valence-electron chi connectivity index (χ3n) is 4.80. The van der Waals surface area contributed by atoms with Crippen LogP contribution in [0.4, 0.5) is 4.39 Å². The highest BCUT2D eigenvalue weighted by molar-refractivity contribution is 7.85. The summed E-state index contributed by atoms with van der Waals surface area (Å²) in [4.78, 5) is -0.0666. The minimum absolute atomic E-state index is 0.0666. The Morgan fingerprint density at radius 1 is 1.03 bits per heavy atom. The zero-order chi connectivity index (χ0) is 24.8. The summed E-state index contributed by atoms with van der Waals surface area (Å²) < 4.78 is 55.6. The SMILES string of the molecule is CP(C)(=O)c1ccc(-c2ccc(C[C@H](N)C#N)c(F)c2)cc1.Cc1ccc(S(=O)(=O)O)cc1. The van der Waals surface area contributed by atoms with Gasteiger partial charge < -0.3 is 10.3 Å². The second-order valence-corrected chi connectivity index (χ2v) is 12.6. The molecule has 0 fully saturated rings. The van der Waals surface area contributed by atoms with Gasteiger partial charge in [0.1, 0.15) is 13.0 Å². The molecule has 0 saturated heterocycles. The molecule has 0 saturated carbocycles. The molecule has 6 nitrogen and oxygen atoms in total. The van der Waals surface area contributed by atoms with E-state index in [2.05, 4.69) is 0 Å². The summed E-state index contributed by atoms with van der Waals surface area (Å²) >= 11 is 0. The average molecular weight is 489 g/mol. The standard InChI is InChI=1S/C17H18FN2OP.C7H8O3S/c1-22(2,21)16-7-5-12(6-8-16)13-3-4-14(17(18)10-13)9-15(20)11-19;1-6-2-4-7(5-3-6)11(8,9)10/h3-8,10,15H,9,20H2,1-2H3;2-5H,1H3,(H,8,9,10)/t15-;/m0./s1. The first kappa shape index (κ1) is 26.4. The second kappa shape index (κ2) is 10.9. The molecule has 0 spiro atoms. The maximum Gasteiger partial charge on any atom is 0.294 e. The van der Waals surface area contributed by atoms with Crippen LogP contribution in [-0.4, -0.2) is 32.3 Å². The number of aryl methyl sites for hydroxylation is 1. The molecule has 0 aliphatic heterocycles. The predicted octanol–water partition coefficient (Wildman–Crippen LogP) is 4.38.